The lowest BCUT2D eigenvalue weighted by atomic mass is 9.84. The first kappa shape index (κ1) is 22.4. The number of hydrogen-bond donors (Lipinski definition) is 1. The SMILES string of the molecule is CCNC(=NCC(C)(C)c1cccc(OC)c1)N1CCN(C(=O)C2CCCO2)CC1. The quantitative estimate of drug-likeness (QED) is 0.569. The van der Waals surface area contributed by atoms with Crippen LogP contribution >= 0.6 is 0 Å². The van der Waals surface area contributed by atoms with Gasteiger partial charge in [0.25, 0.3) is 5.91 Å². The highest BCUT2D eigenvalue weighted by Crippen LogP contribution is 2.27. The van der Waals surface area contributed by atoms with Gasteiger partial charge in [0.2, 0.25) is 0 Å². The first-order valence-electron chi connectivity index (χ1n) is 11.0. The highest BCUT2D eigenvalue weighted by molar-refractivity contribution is 5.83. The highest BCUT2D eigenvalue weighted by Gasteiger charge is 2.31. The summed E-state index contributed by atoms with van der Waals surface area (Å²) in [7, 11) is 1.69. The number of hydrogen-bond acceptors (Lipinski definition) is 4. The molecule has 2 heterocycles. The minimum Gasteiger partial charge on any atom is -0.497 e. The number of nitrogens with one attached hydrogen (secondary N) is 1. The van der Waals surface area contributed by atoms with Crippen LogP contribution in [0, 0.1) is 0 Å². The van der Waals surface area contributed by atoms with Crippen molar-refractivity contribution in [3.63, 3.8) is 0 Å². The van der Waals surface area contributed by atoms with Gasteiger partial charge in [-0.1, -0.05) is 26.0 Å². The number of nitrogens with zero attached hydrogens (tertiary/aromatic N) is 3. The Bertz CT molecular complexity index is 736. The standard InChI is InChI=1S/C23H36N4O3/c1-5-24-22(25-17-23(2,3)18-8-6-9-19(16-18)29-4)27-13-11-26(12-14-27)21(28)20-10-7-15-30-20/h6,8-9,16,20H,5,7,10-15,17H2,1-4H3,(H,24,25). The molecule has 0 saturated carbocycles. The summed E-state index contributed by atoms with van der Waals surface area (Å²) in [5.74, 6) is 1.93. The van der Waals surface area contributed by atoms with Crippen molar-refractivity contribution in [2.45, 2.75) is 45.1 Å². The molecule has 1 atom stereocenters. The van der Waals surface area contributed by atoms with E-state index in [1.165, 1.54) is 5.56 Å². The maximum absolute atomic E-state index is 12.6. The summed E-state index contributed by atoms with van der Waals surface area (Å²) >= 11 is 0. The van der Waals surface area contributed by atoms with Crippen molar-refractivity contribution in [3.05, 3.63) is 29.8 Å². The number of amides is 1. The zero-order valence-electron chi connectivity index (χ0n) is 18.8. The summed E-state index contributed by atoms with van der Waals surface area (Å²) in [5.41, 5.74) is 1.08. The zero-order chi connectivity index (χ0) is 21.6. The van der Waals surface area contributed by atoms with Crippen molar-refractivity contribution < 1.29 is 14.3 Å². The van der Waals surface area contributed by atoms with E-state index in [1.54, 1.807) is 7.11 Å². The summed E-state index contributed by atoms with van der Waals surface area (Å²) in [6.07, 6.45) is 1.60. The lowest BCUT2D eigenvalue weighted by molar-refractivity contribution is -0.142. The van der Waals surface area contributed by atoms with Gasteiger partial charge in [-0.3, -0.25) is 9.79 Å². The second-order valence-electron chi connectivity index (χ2n) is 8.60. The van der Waals surface area contributed by atoms with Crippen molar-refractivity contribution in [2.24, 2.45) is 4.99 Å². The monoisotopic (exact) mass is 416 g/mol. The van der Waals surface area contributed by atoms with E-state index < -0.39 is 0 Å². The second kappa shape index (κ2) is 10.2. The average Bonchev–Trinajstić information content (AvgIpc) is 3.31. The van der Waals surface area contributed by atoms with Crippen LogP contribution in [-0.4, -0.2) is 80.8 Å². The topological polar surface area (TPSA) is 66.4 Å². The number of methoxy groups -OCH3 is 1. The zero-order valence-corrected chi connectivity index (χ0v) is 18.8. The van der Waals surface area contributed by atoms with E-state index in [0.717, 1.165) is 44.2 Å². The van der Waals surface area contributed by atoms with E-state index in [2.05, 4.69) is 43.1 Å². The smallest absolute Gasteiger partial charge is 0.251 e. The fourth-order valence-electron chi connectivity index (χ4n) is 3.95. The number of benzene rings is 1. The Kier molecular flexibility index (Phi) is 7.58. The lowest BCUT2D eigenvalue weighted by Gasteiger charge is -2.37. The Hall–Kier alpha value is -2.28. The molecule has 0 radical (unpaired) electrons. The van der Waals surface area contributed by atoms with Gasteiger partial charge in [0, 0.05) is 44.7 Å². The number of carbonyl (C=O) groups is 1. The van der Waals surface area contributed by atoms with E-state index >= 15 is 0 Å². The number of guanidine groups is 1. The third-order valence-corrected chi connectivity index (χ3v) is 5.91. The van der Waals surface area contributed by atoms with Gasteiger partial charge in [0.15, 0.2) is 5.96 Å². The Balaban J connectivity index is 1.62. The van der Waals surface area contributed by atoms with Crippen LogP contribution in [0.3, 0.4) is 0 Å². The molecular weight excluding hydrogens is 380 g/mol. The number of carbonyl (C=O) groups excluding carboxylic acids is 1. The molecule has 7 nitrogen and oxygen atoms in total. The first-order chi connectivity index (χ1) is 14.4. The fourth-order valence-corrected chi connectivity index (χ4v) is 3.95. The molecule has 2 aliphatic rings. The van der Waals surface area contributed by atoms with Crippen molar-refractivity contribution in [2.75, 3.05) is 53.0 Å². The van der Waals surface area contributed by atoms with Crippen LogP contribution in [-0.2, 0) is 14.9 Å². The molecule has 1 aromatic rings. The Morgan fingerprint density at radius 3 is 2.63 bits per heavy atom. The minimum atomic E-state index is -0.234. The minimum absolute atomic E-state index is 0.118. The molecule has 2 saturated heterocycles. The lowest BCUT2D eigenvalue weighted by Crippen LogP contribution is -2.55. The number of aliphatic imine (C=N–C) groups is 1. The van der Waals surface area contributed by atoms with E-state index in [1.807, 2.05) is 17.0 Å². The van der Waals surface area contributed by atoms with Gasteiger partial charge in [0.1, 0.15) is 11.9 Å². The van der Waals surface area contributed by atoms with E-state index in [-0.39, 0.29) is 17.4 Å². The molecule has 1 amide bonds. The van der Waals surface area contributed by atoms with Gasteiger partial charge in [-0.25, -0.2) is 0 Å². The van der Waals surface area contributed by atoms with Crippen molar-refractivity contribution in [3.8, 4) is 5.75 Å². The second-order valence-corrected chi connectivity index (χ2v) is 8.60. The summed E-state index contributed by atoms with van der Waals surface area (Å²) < 4.78 is 10.9. The van der Waals surface area contributed by atoms with Crippen molar-refractivity contribution in [1.82, 2.24) is 15.1 Å². The molecule has 30 heavy (non-hydrogen) atoms. The van der Waals surface area contributed by atoms with Crippen LogP contribution in [0.15, 0.2) is 29.3 Å². The molecule has 166 valence electrons. The summed E-state index contributed by atoms with van der Waals surface area (Å²) in [5, 5.41) is 3.42. The summed E-state index contributed by atoms with van der Waals surface area (Å²) in [6.45, 7) is 11.7. The van der Waals surface area contributed by atoms with E-state index in [0.29, 0.717) is 26.2 Å². The van der Waals surface area contributed by atoms with Crippen molar-refractivity contribution >= 4 is 11.9 Å². The number of rotatable bonds is 6. The molecule has 0 aromatic heterocycles. The molecule has 1 aromatic carbocycles. The predicted molar refractivity (Wildman–Crippen MR) is 119 cm³/mol. The van der Waals surface area contributed by atoms with Gasteiger partial charge in [-0.15, -0.1) is 0 Å². The van der Waals surface area contributed by atoms with Crippen LogP contribution in [0.25, 0.3) is 0 Å². The normalized spacial score (nSPS) is 20.4. The van der Waals surface area contributed by atoms with Crippen LogP contribution in [0.2, 0.25) is 0 Å². The molecular formula is C23H36N4O3. The predicted octanol–water partition coefficient (Wildman–Crippen LogP) is 2.26. The molecule has 0 aliphatic carbocycles. The van der Waals surface area contributed by atoms with Crippen LogP contribution in [0.5, 0.6) is 5.75 Å². The molecule has 1 N–H and O–H groups in total. The largest absolute Gasteiger partial charge is 0.497 e. The molecule has 2 fully saturated rings. The third-order valence-electron chi connectivity index (χ3n) is 5.91. The van der Waals surface area contributed by atoms with Gasteiger partial charge in [0.05, 0.1) is 13.7 Å². The van der Waals surface area contributed by atoms with Crippen molar-refractivity contribution in [1.29, 1.82) is 0 Å². The maximum Gasteiger partial charge on any atom is 0.251 e. The Morgan fingerprint density at radius 2 is 2.00 bits per heavy atom. The van der Waals surface area contributed by atoms with Gasteiger partial charge in [-0.05, 0) is 37.5 Å². The van der Waals surface area contributed by atoms with Gasteiger partial charge in [-0.2, -0.15) is 0 Å². The Labute approximate surface area is 180 Å². The average molecular weight is 417 g/mol. The number of ether oxygens (including phenoxy) is 2. The van der Waals surface area contributed by atoms with Crippen LogP contribution in [0.4, 0.5) is 0 Å². The summed E-state index contributed by atoms with van der Waals surface area (Å²) in [6, 6.07) is 8.19. The maximum atomic E-state index is 12.6. The molecule has 1 unspecified atom stereocenters. The van der Waals surface area contributed by atoms with Gasteiger partial charge < -0.3 is 24.6 Å². The van der Waals surface area contributed by atoms with Gasteiger partial charge >= 0.3 is 0 Å². The van der Waals surface area contributed by atoms with Crippen LogP contribution < -0.4 is 10.1 Å². The highest BCUT2D eigenvalue weighted by atomic mass is 16.5. The molecule has 3 rings (SSSR count). The number of piperazine rings is 1. The molecule has 7 heteroatoms. The first-order valence-corrected chi connectivity index (χ1v) is 11.0. The third kappa shape index (κ3) is 5.45. The Morgan fingerprint density at radius 1 is 1.27 bits per heavy atom. The fraction of sp³-hybridized carbons (Fsp3) is 0.652. The van der Waals surface area contributed by atoms with Crippen LogP contribution in [0.1, 0.15) is 39.2 Å². The molecule has 2 aliphatic heterocycles. The molecule has 0 bridgehead atoms. The molecule has 0 spiro atoms. The van der Waals surface area contributed by atoms with E-state index in [4.69, 9.17) is 14.5 Å². The summed E-state index contributed by atoms with van der Waals surface area (Å²) in [4.78, 5) is 21.7. The van der Waals surface area contributed by atoms with E-state index in [9.17, 15) is 4.79 Å².